The number of piperidine rings is 1. The van der Waals surface area contributed by atoms with E-state index >= 15 is 0 Å². The summed E-state index contributed by atoms with van der Waals surface area (Å²) in [4.78, 5) is 16.8. The second-order valence-electron chi connectivity index (χ2n) is 7.68. The van der Waals surface area contributed by atoms with Gasteiger partial charge in [0, 0.05) is 25.2 Å². The third kappa shape index (κ3) is 3.77. The van der Waals surface area contributed by atoms with E-state index in [1.807, 2.05) is 17.9 Å². The minimum absolute atomic E-state index is 0.190. The Morgan fingerprint density at radius 2 is 1.96 bits per heavy atom. The largest absolute Gasteiger partial charge is 0.361 e. The van der Waals surface area contributed by atoms with Crippen LogP contribution in [0.25, 0.3) is 0 Å². The third-order valence-electron chi connectivity index (χ3n) is 5.93. The molecular formula is C18H29N3O2. The third-order valence-corrected chi connectivity index (χ3v) is 5.93. The van der Waals surface area contributed by atoms with Crippen LogP contribution in [0.1, 0.15) is 50.0 Å². The molecule has 1 saturated carbocycles. The van der Waals surface area contributed by atoms with E-state index in [0.717, 1.165) is 43.4 Å². The Kier molecular flexibility index (Phi) is 4.76. The van der Waals surface area contributed by atoms with E-state index < -0.39 is 0 Å². The van der Waals surface area contributed by atoms with Gasteiger partial charge in [0.2, 0.25) is 5.91 Å². The Balaban J connectivity index is 1.49. The minimum atomic E-state index is 0.190. The van der Waals surface area contributed by atoms with Crippen LogP contribution >= 0.6 is 0 Å². The van der Waals surface area contributed by atoms with Crippen LogP contribution < -0.4 is 0 Å². The molecule has 1 aromatic heterocycles. The standard InChI is InChI=1S/C18H29N3O2/c1-14-12-15(19-23-14)13-17(22)21-10-8-18(9-11-21)6-4-16(5-7-18)20(2)3/h12,16H,4-11,13H2,1-3H3. The highest BCUT2D eigenvalue weighted by atomic mass is 16.5. The number of nitrogens with zero attached hydrogens (tertiary/aromatic N) is 3. The maximum absolute atomic E-state index is 12.4. The van der Waals surface area contributed by atoms with Gasteiger partial charge in [-0.15, -0.1) is 0 Å². The second kappa shape index (κ2) is 6.63. The van der Waals surface area contributed by atoms with Crippen LogP contribution in [0.3, 0.4) is 0 Å². The molecule has 0 unspecified atom stereocenters. The average Bonchev–Trinajstić information content (AvgIpc) is 2.93. The van der Waals surface area contributed by atoms with Gasteiger partial charge in [-0.05, 0) is 65.0 Å². The maximum atomic E-state index is 12.4. The summed E-state index contributed by atoms with van der Waals surface area (Å²) in [6, 6.07) is 2.60. The number of carbonyl (C=O) groups is 1. The van der Waals surface area contributed by atoms with Crippen molar-refractivity contribution in [1.29, 1.82) is 0 Å². The van der Waals surface area contributed by atoms with Gasteiger partial charge in [-0.25, -0.2) is 0 Å². The van der Waals surface area contributed by atoms with Crippen molar-refractivity contribution in [3.8, 4) is 0 Å². The first-order chi connectivity index (χ1) is 11.0. The average molecular weight is 319 g/mol. The molecule has 5 heteroatoms. The van der Waals surface area contributed by atoms with Crippen LogP contribution in [-0.4, -0.2) is 54.1 Å². The number of hydrogen-bond donors (Lipinski definition) is 0. The first-order valence-electron chi connectivity index (χ1n) is 8.84. The summed E-state index contributed by atoms with van der Waals surface area (Å²) in [6.45, 7) is 3.67. The smallest absolute Gasteiger partial charge is 0.228 e. The van der Waals surface area contributed by atoms with E-state index in [1.165, 1.54) is 25.7 Å². The van der Waals surface area contributed by atoms with Gasteiger partial charge in [-0.1, -0.05) is 5.16 Å². The molecule has 1 spiro atoms. The van der Waals surface area contributed by atoms with Gasteiger partial charge in [0.05, 0.1) is 12.1 Å². The summed E-state index contributed by atoms with van der Waals surface area (Å²) in [7, 11) is 4.38. The molecule has 1 saturated heterocycles. The number of carbonyl (C=O) groups excluding carboxylic acids is 1. The minimum Gasteiger partial charge on any atom is -0.361 e. The van der Waals surface area contributed by atoms with Gasteiger partial charge in [0.1, 0.15) is 5.76 Å². The Bertz CT molecular complexity index is 534. The number of aryl methyl sites for hydroxylation is 1. The Morgan fingerprint density at radius 1 is 1.30 bits per heavy atom. The summed E-state index contributed by atoms with van der Waals surface area (Å²) in [5.41, 5.74) is 1.24. The lowest BCUT2D eigenvalue weighted by atomic mass is 9.67. The lowest BCUT2D eigenvalue weighted by Gasteiger charge is -2.47. The van der Waals surface area contributed by atoms with Crippen LogP contribution in [0.5, 0.6) is 0 Å². The van der Waals surface area contributed by atoms with Crippen molar-refractivity contribution in [1.82, 2.24) is 15.0 Å². The quantitative estimate of drug-likeness (QED) is 0.859. The van der Waals surface area contributed by atoms with E-state index in [0.29, 0.717) is 11.8 Å². The number of hydrogen-bond acceptors (Lipinski definition) is 4. The first kappa shape index (κ1) is 16.5. The molecule has 0 radical (unpaired) electrons. The summed E-state index contributed by atoms with van der Waals surface area (Å²) in [6.07, 6.45) is 7.94. The molecule has 23 heavy (non-hydrogen) atoms. The van der Waals surface area contributed by atoms with Gasteiger partial charge in [-0.3, -0.25) is 4.79 Å². The molecule has 0 aromatic carbocycles. The van der Waals surface area contributed by atoms with Crippen molar-refractivity contribution in [3.63, 3.8) is 0 Å². The molecule has 1 aromatic rings. The van der Waals surface area contributed by atoms with Gasteiger partial charge in [-0.2, -0.15) is 0 Å². The molecule has 1 aliphatic carbocycles. The molecule has 2 heterocycles. The van der Waals surface area contributed by atoms with Crippen molar-refractivity contribution >= 4 is 5.91 Å². The summed E-state index contributed by atoms with van der Waals surface area (Å²) in [5.74, 6) is 0.957. The first-order valence-corrected chi connectivity index (χ1v) is 8.84. The summed E-state index contributed by atoms with van der Waals surface area (Å²) < 4.78 is 5.05. The molecule has 128 valence electrons. The van der Waals surface area contributed by atoms with Crippen molar-refractivity contribution < 1.29 is 9.32 Å². The summed E-state index contributed by atoms with van der Waals surface area (Å²) >= 11 is 0. The van der Waals surface area contributed by atoms with Gasteiger partial charge >= 0.3 is 0 Å². The molecular weight excluding hydrogens is 290 g/mol. The van der Waals surface area contributed by atoms with E-state index in [1.54, 1.807) is 0 Å². The highest BCUT2D eigenvalue weighted by Crippen LogP contribution is 2.45. The van der Waals surface area contributed by atoms with Crippen LogP contribution in [0.4, 0.5) is 0 Å². The number of amides is 1. The van der Waals surface area contributed by atoms with E-state index in [2.05, 4.69) is 24.2 Å². The summed E-state index contributed by atoms with van der Waals surface area (Å²) in [5, 5.41) is 3.93. The normalized spacial score (nSPS) is 22.0. The number of aromatic nitrogens is 1. The van der Waals surface area contributed by atoms with Gasteiger partial charge < -0.3 is 14.3 Å². The predicted octanol–water partition coefficient (Wildman–Crippen LogP) is 2.64. The Morgan fingerprint density at radius 3 is 2.48 bits per heavy atom. The highest BCUT2D eigenvalue weighted by Gasteiger charge is 2.39. The van der Waals surface area contributed by atoms with Crippen LogP contribution in [0.2, 0.25) is 0 Å². The molecule has 0 N–H and O–H groups in total. The number of rotatable bonds is 3. The molecule has 2 aliphatic rings. The molecule has 2 fully saturated rings. The van der Waals surface area contributed by atoms with Gasteiger partial charge in [0.15, 0.2) is 0 Å². The molecule has 1 aliphatic heterocycles. The Labute approximate surface area is 139 Å². The fourth-order valence-electron chi connectivity index (χ4n) is 4.23. The zero-order chi connectivity index (χ0) is 16.4. The molecule has 0 atom stereocenters. The maximum Gasteiger partial charge on any atom is 0.228 e. The number of likely N-dealkylation sites (tertiary alicyclic amines) is 1. The fraction of sp³-hybridized carbons (Fsp3) is 0.778. The lowest BCUT2D eigenvalue weighted by molar-refractivity contribution is -0.133. The molecule has 5 nitrogen and oxygen atoms in total. The van der Waals surface area contributed by atoms with Crippen molar-refractivity contribution in [2.45, 2.75) is 57.9 Å². The zero-order valence-corrected chi connectivity index (χ0v) is 14.7. The van der Waals surface area contributed by atoms with Crippen molar-refractivity contribution in [2.75, 3.05) is 27.2 Å². The van der Waals surface area contributed by atoms with E-state index in [9.17, 15) is 4.79 Å². The topological polar surface area (TPSA) is 49.6 Å². The van der Waals surface area contributed by atoms with E-state index in [4.69, 9.17) is 4.52 Å². The fourth-order valence-corrected chi connectivity index (χ4v) is 4.23. The monoisotopic (exact) mass is 319 g/mol. The SMILES string of the molecule is Cc1cc(CC(=O)N2CCC3(CCC(N(C)C)CC3)CC2)no1. The van der Waals surface area contributed by atoms with E-state index in [-0.39, 0.29) is 5.91 Å². The van der Waals surface area contributed by atoms with Gasteiger partial charge in [0.25, 0.3) is 0 Å². The second-order valence-corrected chi connectivity index (χ2v) is 7.68. The Hall–Kier alpha value is -1.36. The molecule has 1 amide bonds. The van der Waals surface area contributed by atoms with Crippen LogP contribution in [0, 0.1) is 12.3 Å². The molecule has 0 bridgehead atoms. The van der Waals surface area contributed by atoms with Crippen LogP contribution in [0.15, 0.2) is 10.6 Å². The highest BCUT2D eigenvalue weighted by molar-refractivity contribution is 5.78. The zero-order valence-electron chi connectivity index (χ0n) is 14.7. The van der Waals surface area contributed by atoms with Crippen molar-refractivity contribution in [3.05, 3.63) is 17.5 Å². The van der Waals surface area contributed by atoms with Crippen LogP contribution in [-0.2, 0) is 11.2 Å². The molecule has 3 rings (SSSR count). The lowest BCUT2D eigenvalue weighted by Crippen LogP contribution is -2.46. The van der Waals surface area contributed by atoms with Crippen molar-refractivity contribution in [2.24, 2.45) is 5.41 Å². The predicted molar refractivity (Wildman–Crippen MR) is 89.1 cm³/mol.